The summed E-state index contributed by atoms with van der Waals surface area (Å²) in [4.78, 5) is 8.69. The highest BCUT2D eigenvalue weighted by Crippen LogP contribution is 2.31. The van der Waals surface area contributed by atoms with Gasteiger partial charge in [0.2, 0.25) is 0 Å². The van der Waals surface area contributed by atoms with Gasteiger partial charge >= 0.3 is 0 Å². The molecular formula is C23H27N3O. The summed E-state index contributed by atoms with van der Waals surface area (Å²) in [6.07, 6.45) is 1.54. The molecule has 2 aliphatic heterocycles. The fraction of sp³-hybridized carbons (Fsp3) is 0.391. The number of hydrogen-bond donors (Lipinski definition) is 2. The number of H-pyrrole nitrogens is 1. The number of aromatic amines is 1. The van der Waals surface area contributed by atoms with Crippen molar-refractivity contribution in [2.75, 3.05) is 26.2 Å². The maximum Gasteiger partial charge on any atom is 0.0707 e. The van der Waals surface area contributed by atoms with E-state index in [0.717, 1.165) is 45.6 Å². The van der Waals surface area contributed by atoms with E-state index in [9.17, 15) is 5.11 Å². The molecule has 0 saturated carbocycles. The zero-order valence-electron chi connectivity index (χ0n) is 15.6. The Morgan fingerprint density at radius 2 is 1.85 bits per heavy atom. The molecule has 2 atom stereocenters. The van der Waals surface area contributed by atoms with Crippen LogP contribution in [0.4, 0.5) is 0 Å². The van der Waals surface area contributed by atoms with Crippen molar-refractivity contribution < 1.29 is 5.11 Å². The Balaban J connectivity index is 1.26. The Kier molecular flexibility index (Phi) is 4.48. The second kappa shape index (κ2) is 7.12. The second-order valence-electron chi connectivity index (χ2n) is 8.06. The lowest BCUT2D eigenvalue weighted by Crippen LogP contribution is -2.56. The predicted octanol–water partition coefficient (Wildman–Crippen LogP) is 2.81. The first-order chi connectivity index (χ1) is 13.3. The number of para-hydroxylation sites is 1. The van der Waals surface area contributed by atoms with Crippen LogP contribution in [0.15, 0.2) is 54.6 Å². The molecule has 1 fully saturated rings. The SMILES string of the molecule is OC(Cc1ccccc1)CN1CCN2Cc3[nH]c4ccccc4c3CC2C1. The normalized spacial score (nSPS) is 21.7. The number of aromatic nitrogens is 1. The first-order valence-corrected chi connectivity index (χ1v) is 10.0. The number of rotatable bonds is 4. The molecule has 4 nitrogen and oxygen atoms in total. The molecule has 3 aromatic rings. The van der Waals surface area contributed by atoms with Crippen LogP contribution in [-0.2, 0) is 19.4 Å². The van der Waals surface area contributed by atoms with Crippen molar-refractivity contribution in [3.63, 3.8) is 0 Å². The lowest BCUT2D eigenvalue weighted by Gasteiger charge is -2.44. The van der Waals surface area contributed by atoms with E-state index in [1.165, 1.54) is 27.7 Å². The predicted molar refractivity (Wildman–Crippen MR) is 109 cm³/mol. The summed E-state index contributed by atoms with van der Waals surface area (Å²) in [7, 11) is 0. The number of β-amino-alcohol motifs (C(OH)–C–C–N with tert-alkyl or cyclic N) is 1. The van der Waals surface area contributed by atoms with E-state index in [0.29, 0.717) is 6.04 Å². The molecule has 2 unspecified atom stereocenters. The maximum atomic E-state index is 10.6. The molecular weight excluding hydrogens is 334 g/mol. The van der Waals surface area contributed by atoms with Gasteiger partial charge in [-0.2, -0.15) is 0 Å². The Morgan fingerprint density at radius 3 is 2.74 bits per heavy atom. The van der Waals surface area contributed by atoms with Gasteiger partial charge in [0.05, 0.1) is 6.10 Å². The van der Waals surface area contributed by atoms with Crippen molar-refractivity contribution in [3.8, 4) is 0 Å². The van der Waals surface area contributed by atoms with Crippen LogP contribution in [0.25, 0.3) is 10.9 Å². The van der Waals surface area contributed by atoms with Crippen molar-refractivity contribution in [1.29, 1.82) is 0 Å². The average molecular weight is 361 g/mol. The van der Waals surface area contributed by atoms with Gasteiger partial charge in [0.15, 0.2) is 0 Å². The highest BCUT2D eigenvalue weighted by Gasteiger charge is 2.33. The van der Waals surface area contributed by atoms with Gasteiger partial charge in [-0.1, -0.05) is 48.5 Å². The number of fused-ring (bicyclic) bond motifs is 4. The molecule has 140 valence electrons. The van der Waals surface area contributed by atoms with E-state index in [-0.39, 0.29) is 6.10 Å². The standard InChI is InChI=1S/C23H27N3O/c27-19(12-17-6-2-1-3-7-17)15-25-10-11-26-16-23-21(13-18(26)14-25)20-8-4-5-9-22(20)24-23/h1-9,18-19,24,27H,10-16H2. The monoisotopic (exact) mass is 361 g/mol. The molecule has 3 heterocycles. The van der Waals surface area contributed by atoms with Gasteiger partial charge in [0.25, 0.3) is 0 Å². The van der Waals surface area contributed by atoms with E-state index < -0.39 is 0 Å². The average Bonchev–Trinajstić information content (AvgIpc) is 3.04. The number of piperazine rings is 1. The van der Waals surface area contributed by atoms with Gasteiger partial charge in [-0.05, 0) is 30.0 Å². The third-order valence-electron chi connectivity index (χ3n) is 6.17. The quantitative estimate of drug-likeness (QED) is 0.751. The van der Waals surface area contributed by atoms with Crippen molar-refractivity contribution in [1.82, 2.24) is 14.8 Å². The number of aliphatic hydroxyl groups excluding tert-OH is 1. The van der Waals surface area contributed by atoms with Crippen molar-refractivity contribution >= 4 is 10.9 Å². The number of benzene rings is 2. The molecule has 0 spiro atoms. The largest absolute Gasteiger partial charge is 0.391 e. The van der Waals surface area contributed by atoms with Crippen molar-refractivity contribution in [2.45, 2.75) is 31.5 Å². The molecule has 0 amide bonds. The molecule has 1 saturated heterocycles. The Labute approximate surface area is 160 Å². The summed E-state index contributed by atoms with van der Waals surface area (Å²) in [6.45, 7) is 4.95. The molecule has 5 rings (SSSR count). The Hall–Kier alpha value is -2.14. The number of aliphatic hydroxyl groups is 1. The van der Waals surface area contributed by atoms with Crippen molar-refractivity contribution in [3.05, 3.63) is 71.4 Å². The summed E-state index contributed by atoms with van der Waals surface area (Å²) < 4.78 is 0. The van der Waals surface area contributed by atoms with Gasteiger partial charge in [-0.15, -0.1) is 0 Å². The minimum atomic E-state index is -0.300. The first kappa shape index (κ1) is 17.0. The summed E-state index contributed by atoms with van der Waals surface area (Å²) in [5, 5.41) is 11.9. The van der Waals surface area contributed by atoms with Crippen LogP contribution in [0.3, 0.4) is 0 Å². The molecule has 2 aliphatic rings. The fourth-order valence-corrected chi connectivity index (χ4v) is 4.84. The molecule has 27 heavy (non-hydrogen) atoms. The minimum Gasteiger partial charge on any atom is -0.391 e. The fourth-order valence-electron chi connectivity index (χ4n) is 4.84. The third-order valence-corrected chi connectivity index (χ3v) is 6.17. The zero-order valence-corrected chi connectivity index (χ0v) is 15.6. The number of hydrogen-bond acceptors (Lipinski definition) is 3. The van der Waals surface area contributed by atoms with Crippen LogP contribution >= 0.6 is 0 Å². The summed E-state index contributed by atoms with van der Waals surface area (Å²) in [5.41, 5.74) is 5.37. The van der Waals surface area contributed by atoms with Gasteiger partial charge in [0.1, 0.15) is 0 Å². The van der Waals surface area contributed by atoms with E-state index in [1.54, 1.807) is 0 Å². The van der Waals surface area contributed by atoms with Crippen LogP contribution in [-0.4, -0.2) is 58.2 Å². The molecule has 2 aromatic carbocycles. The van der Waals surface area contributed by atoms with Gasteiger partial charge in [-0.25, -0.2) is 0 Å². The van der Waals surface area contributed by atoms with Crippen LogP contribution in [0.2, 0.25) is 0 Å². The number of nitrogens with zero attached hydrogens (tertiary/aromatic N) is 2. The van der Waals surface area contributed by atoms with Gasteiger partial charge in [-0.3, -0.25) is 9.80 Å². The second-order valence-corrected chi connectivity index (χ2v) is 8.06. The molecule has 1 aromatic heterocycles. The topological polar surface area (TPSA) is 42.5 Å². The van der Waals surface area contributed by atoms with Crippen LogP contribution in [0, 0.1) is 0 Å². The number of nitrogens with one attached hydrogen (secondary N) is 1. The highest BCUT2D eigenvalue weighted by molar-refractivity contribution is 5.84. The highest BCUT2D eigenvalue weighted by atomic mass is 16.3. The summed E-state index contributed by atoms with van der Waals surface area (Å²) >= 11 is 0. The van der Waals surface area contributed by atoms with E-state index >= 15 is 0 Å². The lowest BCUT2D eigenvalue weighted by atomic mass is 9.94. The van der Waals surface area contributed by atoms with Crippen LogP contribution in [0.5, 0.6) is 0 Å². The van der Waals surface area contributed by atoms with Crippen molar-refractivity contribution in [2.24, 2.45) is 0 Å². The van der Waals surface area contributed by atoms with Gasteiger partial charge < -0.3 is 10.1 Å². The molecule has 0 radical (unpaired) electrons. The van der Waals surface area contributed by atoms with Gasteiger partial charge in [0, 0.05) is 55.4 Å². The minimum absolute atomic E-state index is 0.300. The zero-order chi connectivity index (χ0) is 18.2. The lowest BCUT2D eigenvalue weighted by molar-refractivity contribution is 0.0309. The molecule has 0 bridgehead atoms. The summed E-state index contributed by atoms with van der Waals surface area (Å²) in [6, 6.07) is 19.5. The van der Waals surface area contributed by atoms with E-state index in [4.69, 9.17) is 0 Å². The molecule has 0 aliphatic carbocycles. The smallest absolute Gasteiger partial charge is 0.0707 e. The first-order valence-electron chi connectivity index (χ1n) is 10.0. The third kappa shape index (κ3) is 3.41. The molecule has 2 N–H and O–H groups in total. The summed E-state index contributed by atoms with van der Waals surface area (Å²) in [5.74, 6) is 0. The Morgan fingerprint density at radius 1 is 1.04 bits per heavy atom. The maximum absolute atomic E-state index is 10.6. The Bertz CT molecular complexity index is 920. The van der Waals surface area contributed by atoms with Crippen LogP contribution in [0.1, 0.15) is 16.8 Å². The van der Waals surface area contributed by atoms with E-state index in [1.807, 2.05) is 18.2 Å². The molecule has 4 heteroatoms. The van der Waals surface area contributed by atoms with Crippen LogP contribution < -0.4 is 0 Å². The van der Waals surface area contributed by atoms with E-state index in [2.05, 4.69) is 51.2 Å².